The van der Waals surface area contributed by atoms with Crippen LogP contribution in [0.25, 0.3) is 0 Å². The number of aromatic nitrogens is 3. The van der Waals surface area contributed by atoms with E-state index in [0.717, 1.165) is 5.82 Å². The smallest absolute Gasteiger partial charge is 0.321 e. The molecular weight excluding hydrogens is 252 g/mol. The van der Waals surface area contributed by atoms with Gasteiger partial charge in [-0.05, 0) is 27.7 Å². The summed E-state index contributed by atoms with van der Waals surface area (Å²) in [4.78, 5) is 15.1. The number of carboxylic acids is 1. The number of nitrogens with two attached hydrogens (primary N) is 1. The molecular formula is C11H20N4O2S. The molecule has 0 fully saturated rings. The fraction of sp³-hybridized carbons (Fsp3) is 0.727. The average Bonchev–Trinajstić information content (AvgIpc) is 2.73. The summed E-state index contributed by atoms with van der Waals surface area (Å²) >= 11 is 1.48. The molecule has 0 radical (unpaired) electrons. The second-order valence-corrected chi connectivity index (χ2v) is 6.55. The highest BCUT2D eigenvalue weighted by molar-refractivity contribution is 7.99. The third kappa shape index (κ3) is 3.46. The van der Waals surface area contributed by atoms with Crippen LogP contribution in [0.2, 0.25) is 0 Å². The summed E-state index contributed by atoms with van der Waals surface area (Å²) in [6.45, 7) is 7.70. The molecule has 0 aliphatic carbocycles. The minimum Gasteiger partial charge on any atom is -0.480 e. The van der Waals surface area contributed by atoms with Crippen LogP contribution in [0.15, 0.2) is 6.33 Å². The van der Waals surface area contributed by atoms with E-state index in [9.17, 15) is 4.79 Å². The summed E-state index contributed by atoms with van der Waals surface area (Å²) in [6, 6.07) is -0.669. The van der Waals surface area contributed by atoms with E-state index < -0.39 is 16.8 Å². The highest BCUT2D eigenvalue weighted by Gasteiger charge is 2.33. The Morgan fingerprint density at radius 2 is 2.22 bits per heavy atom. The van der Waals surface area contributed by atoms with Crippen LogP contribution in [-0.4, -0.2) is 36.6 Å². The van der Waals surface area contributed by atoms with E-state index in [2.05, 4.69) is 10.1 Å². The van der Waals surface area contributed by atoms with Crippen molar-refractivity contribution in [1.82, 2.24) is 14.8 Å². The number of carbonyl (C=O) groups is 1. The van der Waals surface area contributed by atoms with Gasteiger partial charge in [0.1, 0.15) is 18.2 Å². The van der Waals surface area contributed by atoms with E-state index in [-0.39, 0.29) is 6.04 Å². The molecule has 0 saturated carbocycles. The van der Waals surface area contributed by atoms with Crippen molar-refractivity contribution < 1.29 is 9.90 Å². The van der Waals surface area contributed by atoms with Crippen molar-refractivity contribution in [2.75, 3.05) is 0 Å². The summed E-state index contributed by atoms with van der Waals surface area (Å²) in [5.41, 5.74) is 5.67. The Labute approximate surface area is 111 Å². The van der Waals surface area contributed by atoms with Crippen LogP contribution < -0.4 is 5.73 Å². The van der Waals surface area contributed by atoms with E-state index in [0.29, 0.717) is 5.75 Å². The zero-order valence-electron chi connectivity index (χ0n) is 11.1. The van der Waals surface area contributed by atoms with E-state index in [1.54, 1.807) is 0 Å². The van der Waals surface area contributed by atoms with Crippen molar-refractivity contribution in [2.45, 2.75) is 50.3 Å². The summed E-state index contributed by atoms with van der Waals surface area (Å²) in [5, 5.41) is 13.1. The maximum absolute atomic E-state index is 10.9. The predicted octanol–water partition coefficient (Wildman–Crippen LogP) is 1.28. The van der Waals surface area contributed by atoms with Crippen LogP contribution in [0.1, 0.15) is 39.6 Å². The van der Waals surface area contributed by atoms with Gasteiger partial charge in [0.15, 0.2) is 0 Å². The Bertz CT molecular complexity index is 417. The lowest BCUT2D eigenvalue weighted by Crippen LogP contribution is -2.46. The van der Waals surface area contributed by atoms with E-state index in [1.165, 1.54) is 18.1 Å². The van der Waals surface area contributed by atoms with Gasteiger partial charge in [0.2, 0.25) is 0 Å². The number of rotatable bonds is 6. The van der Waals surface area contributed by atoms with E-state index in [4.69, 9.17) is 10.8 Å². The monoisotopic (exact) mass is 272 g/mol. The molecule has 6 nitrogen and oxygen atoms in total. The molecule has 0 amide bonds. The lowest BCUT2D eigenvalue weighted by molar-refractivity contribution is -0.139. The van der Waals surface area contributed by atoms with Gasteiger partial charge in [-0.25, -0.2) is 9.67 Å². The lowest BCUT2D eigenvalue weighted by Gasteiger charge is -2.27. The summed E-state index contributed by atoms with van der Waals surface area (Å²) in [5.74, 6) is 0.435. The molecule has 1 aromatic heterocycles. The Morgan fingerprint density at radius 1 is 1.61 bits per heavy atom. The van der Waals surface area contributed by atoms with Crippen molar-refractivity contribution in [3.8, 4) is 0 Å². The number of hydrogen-bond acceptors (Lipinski definition) is 5. The molecule has 0 spiro atoms. The maximum atomic E-state index is 10.9. The second kappa shape index (κ2) is 5.71. The lowest BCUT2D eigenvalue weighted by atomic mass is 10.1. The standard InChI is InChI=1S/C11H20N4O2S/c1-7(2)15-8(13-6-14-15)5-18-11(3,4)9(12)10(16)17/h6-7,9H,5,12H2,1-4H3,(H,16,17)/t9-/m1/s1. The highest BCUT2D eigenvalue weighted by atomic mass is 32.2. The van der Waals surface area contributed by atoms with E-state index >= 15 is 0 Å². The third-order valence-corrected chi connectivity index (χ3v) is 4.13. The molecule has 18 heavy (non-hydrogen) atoms. The number of thioether (sulfide) groups is 1. The van der Waals surface area contributed by atoms with Gasteiger partial charge >= 0.3 is 5.97 Å². The first-order valence-electron chi connectivity index (χ1n) is 5.76. The normalized spacial score (nSPS) is 13.9. The molecule has 1 rings (SSSR count). The molecule has 1 aromatic rings. The van der Waals surface area contributed by atoms with E-state index in [1.807, 2.05) is 32.4 Å². The van der Waals surface area contributed by atoms with Crippen LogP contribution in [0.4, 0.5) is 0 Å². The molecule has 7 heteroatoms. The minimum atomic E-state index is -0.988. The molecule has 0 aliphatic rings. The molecule has 0 aliphatic heterocycles. The van der Waals surface area contributed by atoms with Crippen molar-refractivity contribution >= 4 is 17.7 Å². The molecule has 0 aromatic carbocycles. The highest BCUT2D eigenvalue weighted by Crippen LogP contribution is 2.30. The number of aliphatic carboxylic acids is 1. The zero-order valence-corrected chi connectivity index (χ0v) is 11.9. The van der Waals surface area contributed by atoms with Gasteiger partial charge in [-0.2, -0.15) is 5.10 Å². The first kappa shape index (κ1) is 15.0. The summed E-state index contributed by atoms with van der Waals surface area (Å²) < 4.78 is 1.27. The largest absolute Gasteiger partial charge is 0.480 e. The SMILES string of the molecule is CC(C)n1ncnc1CSC(C)(C)[C@H](N)C(=O)O. The first-order chi connectivity index (χ1) is 8.25. The van der Waals surface area contributed by atoms with Crippen LogP contribution in [0.5, 0.6) is 0 Å². The van der Waals surface area contributed by atoms with Gasteiger partial charge in [0, 0.05) is 10.8 Å². The first-order valence-corrected chi connectivity index (χ1v) is 6.75. The molecule has 0 saturated heterocycles. The summed E-state index contributed by atoms with van der Waals surface area (Å²) in [7, 11) is 0. The quantitative estimate of drug-likeness (QED) is 0.810. The Balaban J connectivity index is 2.70. The Morgan fingerprint density at radius 3 is 2.72 bits per heavy atom. The second-order valence-electron chi connectivity index (χ2n) is 4.92. The maximum Gasteiger partial charge on any atom is 0.321 e. The van der Waals surface area contributed by atoms with Crippen LogP contribution in [0, 0.1) is 0 Å². The molecule has 1 atom stereocenters. The zero-order chi connectivity index (χ0) is 13.9. The van der Waals surface area contributed by atoms with Crippen molar-refractivity contribution in [3.05, 3.63) is 12.2 Å². The van der Waals surface area contributed by atoms with Crippen LogP contribution in [0.3, 0.4) is 0 Å². The van der Waals surface area contributed by atoms with Gasteiger partial charge in [-0.3, -0.25) is 4.79 Å². The number of nitrogens with zero attached hydrogens (tertiary/aromatic N) is 3. The summed E-state index contributed by atoms with van der Waals surface area (Å²) in [6.07, 6.45) is 1.51. The number of carboxylic acid groups (broad SMARTS) is 1. The van der Waals surface area contributed by atoms with Crippen molar-refractivity contribution in [1.29, 1.82) is 0 Å². The number of hydrogen-bond donors (Lipinski definition) is 2. The predicted molar refractivity (Wildman–Crippen MR) is 71.4 cm³/mol. The molecule has 0 unspecified atom stereocenters. The van der Waals surface area contributed by atoms with Crippen molar-refractivity contribution in [2.24, 2.45) is 5.73 Å². The van der Waals surface area contributed by atoms with Gasteiger partial charge in [0.25, 0.3) is 0 Å². The Kier molecular flexibility index (Phi) is 4.75. The van der Waals surface area contributed by atoms with Crippen LogP contribution in [-0.2, 0) is 10.5 Å². The molecule has 0 bridgehead atoms. The molecule has 3 N–H and O–H groups in total. The molecule has 102 valence electrons. The fourth-order valence-corrected chi connectivity index (χ4v) is 2.43. The molecule has 1 heterocycles. The van der Waals surface area contributed by atoms with Gasteiger partial charge in [-0.1, -0.05) is 0 Å². The topological polar surface area (TPSA) is 94.0 Å². The van der Waals surface area contributed by atoms with Gasteiger partial charge in [0.05, 0.1) is 5.75 Å². The van der Waals surface area contributed by atoms with Crippen molar-refractivity contribution in [3.63, 3.8) is 0 Å². The Hall–Kier alpha value is -1.08. The minimum absolute atomic E-state index is 0.236. The van der Waals surface area contributed by atoms with Gasteiger partial charge < -0.3 is 10.8 Å². The third-order valence-electron chi connectivity index (χ3n) is 2.72. The van der Waals surface area contributed by atoms with Crippen LogP contribution >= 0.6 is 11.8 Å². The van der Waals surface area contributed by atoms with Gasteiger partial charge in [-0.15, -0.1) is 11.8 Å². The fourth-order valence-electron chi connectivity index (χ4n) is 1.45. The average molecular weight is 272 g/mol.